The Morgan fingerprint density at radius 1 is 0.500 bits per heavy atom. The molecule has 1 aromatic carbocycles. The predicted octanol–water partition coefficient (Wildman–Crippen LogP) is 3.81. The van der Waals surface area contributed by atoms with Crippen LogP contribution < -0.4 is 0 Å². The maximum atomic E-state index is 4.06. The molecule has 0 spiro atoms. The highest BCUT2D eigenvalue weighted by Gasteiger charge is 2.05. The third-order valence-corrected chi connectivity index (χ3v) is 2.91. The zero-order valence-electron chi connectivity index (χ0n) is 9.82. The van der Waals surface area contributed by atoms with E-state index >= 15 is 0 Å². The van der Waals surface area contributed by atoms with Crippen molar-refractivity contribution in [1.82, 2.24) is 9.97 Å². The SMILES string of the molecule is c1ccc(-c2ccncc2)c(-c2ccncc2)c1. The Kier molecular flexibility index (Phi) is 2.84. The molecular weight excluding hydrogens is 220 g/mol. The van der Waals surface area contributed by atoms with Crippen LogP contribution in [0.15, 0.2) is 73.3 Å². The Morgan fingerprint density at radius 2 is 0.889 bits per heavy atom. The van der Waals surface area contributed by atoms with Gasteiger partial charge in [0.2, 0.25) is 0 Å². The fourth-order valence-electron chi connectivity index (χ4n) is 2.05. The van der Waals surface area contributed by atoms with E-state index < -0.39 is 0 Å². The third-order valence-electron chi connectivity index (χ3n) is 2.91. The van der Waals surface area contributed by atoms with Crippen molar-refractivity contribution in [3.63, 3.8) is 0 Å². The van der Waals surface area contributed by atoms with Gasteiger partial charge >= 0.3 is 0 Å². The van der Waals surface area contributed by atoms with Gasteiger partial charge in [-0.3, -0.25) is 9.97 Å². The van der Waals surface area contributed by atoms with Crippen LogP contribution in [-0.4, -0.2) is 9.97 Å². The van der Waals surface area contributed by atoms with Crippen molar-refractivity contribution in [2.45, 2.75) is 0 Å². The van der Waals surface area contributed by atoms with Crippen molar-refractivity contribution < 1.29 is 0 Å². The number of hydrogen-bond donors (Lipinski definition) is 0. The van der Waals surface area contributed by atoms with Crippen LogP contribution >= 0.6 is 0 Å². The molecule has 2 heterocycles. The summed E-state index contributed by atoms with van der Waals surface area (Å²) in [6, 6.07) is 16.5. The topological polar surface area (TPSA) is 25.8 Å². The lowest BCUT2D eigenvalue weighted by Crippen LogP contribution is -1.85. The number of nitrogens with zero attached hydrogens (tertiary/aromatic N) is 2. The van der Waals surface area contributed by atoms with Crippen LogP contribution in [-0.2, 0) is 0 Å². The highest BCUT2D eigenvalue weighted by molar-refractivity contribution is 5.82. The molecule has 0 fully saturated rings. The quantitative estimate of drug-likeness (QED) is 0.671. The second-order valence-corrected chi connectivity index (χ2v) is 4.02. The van der Waals surface area contributed by atoms with E-state index in [2.05, 4.69) is 34.2 Å². The molecular formula is C16H12N2. The molecule has 0 bridgehead atoms. The summed E-state index contributed by atoms with van der Waals surface area (Å²) < 4.78 is 0. The first-order valence-corrected chi connectivity index (χ1v) is 5.85. The van der Waals surface area contributed by atoms with E-state index in [1.165, 1.54) is 22.3 Å². The second kappa shape index (κ2) is 4.80. The Balaban J connectivity index is 2.18. The zero-order chi connectivity index (χ0) is 12.2. The number of aromatic nitrogens is 2. The summed E-state index contributed by atoms with van der Waals surface area (Å²) in [5.74, 6) is 0. The average Bonchev–Trinajstić information content (AvgIpc) is 2.49. The maximum Gasteiger partial charge on any atom is 0.0273 e. The largest absolute Gasteiger partial charge is 0.265 e. The Morgan fingerprint density at radius 3 is 1.28 bits per heavy atom. The second-order valence-electron chi connectivity index (χ2n) is 4.02. The molecule has 0 aliphatic carbocycles. The maximum absolute atomic E-state index is 4.06. The molecule has 0 amide bonds. The highest BCUT2D eigenvalue weighted by Crippen LogP contribution is 2.30. The van der Waals surface area contributed by atoms with Crippen LogP contribution in [0.1, 0.15) is 0 Å². The zero-order valence-corrected chi connectivity index (χ0v) is 9.82. The summed E-state index contributed by atoms with van der Waals surface area (Å²) in [5, 5.41) is 0. The lowest BCUT2D eigenvalue weighted by atomic mass is 9.96. The van der Waals surface area contributed by atoms with Gasteiger partial charge in [0.05, 0.1) is 0 Å². The molecule has 0 saturated carbocycles. The van der Waals surface area contributed by atoms with Crippen molar-refractivity contribution in [2.24, 2.45) is 0 Å². The lowest BCUT2D eigenvalue weighted by molar-refractivity contribution is 1.32. The van der Waals surface area contributed by atoms with Crippen LogP contribution in [0.2, 0.25) is 0 Å². The van der Waals surface area contributed by atoms with Gasteiger partial charge in [0.25, 0.3) is 0 Å². The van der Waals surface area contributed by atoms with Crippen molar-refractivity contribution in [1.29, 1.82) is 0 Å². The van der Waals surface area contributed by atoms with Crippen molar-refractivity contribution in [3.05, 3.63) is 73.3 Å². The van der Waals surface area contributed by atoms with Gasteiger partial charge in [-0.15, -0.1) is 0 Å². The highest BCUT2D eigenvalue weighted by atomic mass is 14.6. The smallest absolute Gasteiger partial charge is 0.0273 e. The van der Waals surface area contributed by atoms with E-state index in [0.717, 1.165) is 0 Å². The van der Waals surface area contributed by atoms with Gasteiger partial charge in [-0.25, -0.2) is 0 Å². The molecule has 0 saturated heterocycles. The van der Waals surface area contributed by atoms with Gasteiger partial charge in [-0.05, 0) is 46.5 Å². The summed E-state index contributed by atoms with van der Waals surface area (Å²) in [7, 11) is 0. The fraction of sp³-hybridized carbons (Fsp3) is 0. The van der Waals surface area contributed by atoms with E-state index in [4.69, 9.17) is 0 Å². The first-order chi connectivity index (χ1) is 8.95. The van der Waals surface area contributed by atoms with Crippen molar-refractivity contribution in [3.8, 4) is 22.3 Å². The molecule has 86 valence electrons. The van der Waals surface area contributed by atoms with Crippen molar-refractivity contribution in [2.75, 3.05) is 0 Å². The standard InChI is InChI=1S/C16H12N2/c1-2-4-16(14-7-11-18-12-8-14)15(3-1)13-5-9-17-10-6-13/h1-12H. The molecule has 3 aromatic rings. The van der Waals surface area contributed by atoms with Gasteiger partial charge in [0, 0.05) is 24.8 Å². The average molecular weight is 232 g/mol. The minimum absolute atomic E-state index is 1.18. The van der Waals surface area contributed by atoms with Gasteiger partial charge in [-0.2, -0.15) is 0 Å². The molecule has 18 heavy (non-hydrogen) atoms. The molecule has 0 aliphatic heterocycles. The number of pyridine rings is 2. The molecule has 0 N–H and O–H groups in total. The van der Waals surface area contributed by atoms with Gasteiger partial charge in [0.1, 0.15) is 0 Å². The van der Waals surface area contributed by atoms with E-state index in [-0.39, 0.29) is 0 Å². The number of rotatable bonds is 2. The van der Waals surface area contributed by atoms with Crippen LogP contribution in [0.25, 0.3) is 22.3 Å². The molecule has 0 atom stereocenters. The van der Waals surface area contributed by atoms with Gasteiger partial charge < -0.3 is 0 Å². The first-order valence-electron chi connectivity index (χ1n) is 5.85. The molecule has 3 rings (SSSR count). The molecule has 2 nitrogen and oxygen atoms in total. The predicted molar refractivity (Wildman–Crippen MR) is 72.9 cm³/mol. The summed E-state index contributed by atoms with van der Waals surface area (Å²) >= 11 is 0. The molecule has 0 radical (unpaired) electrons. The molecule has 2 aromatic heterocycles. The van der Waals surface area contributed by atoms with Crippen LogP contribution in [0.4, 0.5) is 0 Å². The monoisotopic (exact) mass is 232 g/mol. The third kappa shape index (κ3) is 2.00. The van der Waals surface area contributed by atoms with Gasteiger partial charge in [0.15, 0.2) is 0 Å². The molecule has 2 heteroatoms. The normalized spacial score (nSPS) is 10.2. The number of hydrogen-bond acceptors (Lipinski definition) is 2. The van der Waals surface area contributed by atoms with E-state index in [1.54, 1.807) is 0 Å². The fourth-order valence-corrected chi connectivity index (χ4v) is 2.05. The molecule has 0 aliphatic rings. The summed E-state index contributed by atoms with van der Waals surface area (Å²) in [4.78, 5) is 8.13. The minimum Gasteiger partial charge on any atom is -0.265 e. The van der Waals surface area contributed by atoms with E-state index in [1.807, 2.05) is 49.1 Å². The van der Waals surface area contributed by atoms with E-state index in [0.29, 0.717) is 0 Å². The Bertz CT molecular complexity index is 575. The van der Waals surface area contributed by atoms with E-state index in [9.17, 15) is 0 Å². The number of benzene rings is 1. The van der Waals surface area contributed by atoms with Crippen LogP contribution in [0, 0.1) is 0 Å². The summed E-state index contributed by atoms with van der Waals surface area (Å²) in [5.41, 5.74) is 4.78. The van der Waals surface area contributed by atoms with Crippen molar-refractivity contribution >= 4 is 0 Å². The lowest BCUT2D eigenvalue weighted by Gasteiger charge is -2.09. The molecule has 0 unspecified atom stereocenters. The van der Waals surface area contributed by atoms with Crippen LogP contribution in [0.3, 0.4) is 0 Å². The van der Waals surface area contributed by atoms with Gasteiger partial charge in [-0.1, -0.05) is 24.3 Å². The Labute approximate surface area is 106 Å². The van der Waals surface area contributed by atoms with Crippen LogP contribution in [0.5, 0.6) is 0 Å². The Hall–Kier alpha value is -2.48. The minimum atomic E-state index is 1.18. The summed E-state index contributed by atoms with van der Waals surface area (Å²) in [6.45, 7) is 0. The first kappa shape index (κ1) is 10.7. The summed E-state index contributed by atoms with van der Waals surface area (Å²) in [6.07, 6.45) is 7.27.